The Morgan fingerprint density at radius 1 is 1.00 bits per heavy atom. The van der Waals surface area contributed by atoms with Gasteiger partial charge in [-0.2, -0.15) is 4.31 Å². The number of fused-ring (bicyclic) bond motifs is 1. The maximum Gasteiger partial charge on any atom is 0.243 e. The van der Waals surface area contributed by atoms with Crippen molar-refractivity contribution in [3.05, 3.63) is 82.6 Å². The van der Waals surface area contributed by atoms with Gasteiger partial charge in [-0.15, -0.1) is 0 Å². The van der Waals surface area contributed by atoms with E-state index in [1.807, 2.05) is 32.0 Å². The molecule has 0 aromatic heterocycles. The third kappa shape index (κ3) is 3.88. The van der Waals surface area contributed by atoms with E-state index in [0.717, 1.165) is 16.7 Å². The third-order valence-corrected chi connectivity index (χ3v) is 12.4. The van der Waals surface area contributed by atoms with Gasteiger partial charge in [0.1, 0.15) is 8.07 Å². The number of carbonyl (C=O) groups excluding carboxylic acids is 1. The molecule has 31 heavy (non-hydrogen) atoms. The predicted octanol–water partition coefficient (Wildman–Crippen LogP) is 3.99. The van der Waals surface area contributed by atoms with Crippen LogP contribution in [0.1, 0.15) is 18.9 Å². The summed E-state index contributed by atoms with van der Waals surface area (Å²) in [6.07, 6.45) is 2.34. The standard InChI is InChI=1S/C25H29NO3SSi/c1-18-10-12-21(13-11-18)30(28,29)26-15-14-24(25-19(2)23(27)16-20(25)17-26)31(3,4)22-8-6-5-7-9-22/h5-13,16,19H,14-15,17H2,1-4H3/t19-/m1/s1. The number of hydrogen-bond donors (Lipinski definition) is 0. The van der Waals surface area contributed by atoms with Crippen LogP contribution in [0.25, 0.3) is 0 Å². The molecule has 1 aliphatic heterocycles. The zero-order valence-corrected chi connectivity index (χ0v) is 20.4. The van der Waals surface area contributed by atoms with Gasteiger partial charge < -0.3 is 0 Å². The van der Waals surface area contributed by atoms with Crippen molar-refractivity contribution in [2.24, 2.45) is 5.92 Å². The molecular formula is C25H29NO3SSi. The number of ketones is 1. The van der Waals surface area contributed by atoms with Crippen molar-refractivity contribution in [1.82, 2.24) is 4.31 Å². The van der Waals surface area contributed by atoms with Gasteiger partial charge in [-0.25, -0.2) is 8.42 Å². The maximum atomic E-state index is 13.4. The molecule has 4 rings (SSSR count). The van der Waals surface area contributed by atoms with Crippen LogP contribution in [0.3, 0.4) is 0 Å². The van der Waals surface area contributed by atoms with Crippen LogP contribution >= 0.6 is 0 Å². The van der Waals surface area contributed by atoms with Crippen LogP contribution < -0.4 is 5.19 Å². The number of sulfonamides is 1. The molecule has 1 heterocycles. The molecule has 0 N–H and O–H groups in total. The molecule has 6 heteroatoms. The van der Waals surface area contributed by atoms with Gasteiger partial charge in [-0.05, 0) is 42.7 Å². The summed E-state index contributed by atoms with van der Waals surface area (Å²) in [6, 6.07) is 17.4. The SMILES string of the molecule is Cc1ccc(S(=O)(=O)N2CCC([Si](C)(C)c3ccccc3)=C3C(=CC(=O)[C@H]3C)C2)cc1. The normalized spacial score (nSPS) is 20.5. The Morgan fingerprint density at radius 2 is 1.65 bits per heavy atom. The van der Waals surface area contributed by atoms with E-state index < -0.39 is 18.1 Å². The summed E-state index contributed by atoms with van der Waals surface area (Å²) in [7, 11) is -5.72. The highest BCUT2D eigenvalue weighted by Gasteiger charge is 2.41. The summed E-state index contributed by atoms with van der Waals surface area (Å²) in [5.41, 5.74) is 2.99. The van der Waals surface area contributed by atoms with E-state index in [0.29, 0.717) is 17.9 Å². The topological polar surface area (TPSA) is 54.5 Å². The minimum atomic E-state index is -3.64. The second kappa shape index (κ2) is 8.00. The van der Waals surface area contributed by atoms with Crippen molar-refractivity contribution in [3.63, 3.8) is 0 Å². The van der Waals surface area contributed by atoms with Crippen molar-refractivity contribution in [3.8, 4) is 0 Å². The van der Waals surface area contributed by atoms with Crippen molar-refractivity contribution in [2.75, 3.05) is 13.1 Å². The van der Waals surface area contributed by atoms with Crippen LogP contribution in [0.4, 0.5) is 0 Å². The van der Waals surface area contributed by atoms with Gasteiger partial charge in [0, 0.05) is 19.0 Å². The average Bonchev–Trinajstić information content (AvgIpc) is 2.91. The molecule has 4 nitrogen and oxygen atoms in total. The van der Waals surface area contributed by atoms with Gasteiger partial charge in [0.15, 0.2) is 5.78 Å². The van der Waals surface area contributed by atoms with Gasteiger partial charge in [0.05, 0.1) is 4.90 Å². The number of hydrogen-bond acceptors (Lipinski definition) is 3. The number of nitrogens with zero attached hydrogens (tertiary/aromatic N) is 1. The van der Waals surface area contributed by atoms with E-state index in [2.05, 4.69) is 37.4 Å². The first-order valence-electron chi connectivity index (χ1n) is 10.7. The number of allylic oxidation sites excluding steroid dienone is 1. The molecule has 0 spiro atoms. The molecule has 0 bridgehead atoms. The van der Waals surface area contributed by atoms with Crippen molar-refractivity contribution in [1.29, 1.82) is 0 Å². The second-order valence-electron chi connectivity index (χ2n) is 9.08. The molecule has 0 saturated heterocycles. The highest BCUT2D eigenvalue weighted by Crippen LogP contribution is 2.39. The zero-order valence-electron chi connectivity index (χ0n) is 18.6. The quantitative estimate of drug-likeness (QED) is 0.661. The van der Waals surface area contributed by atoms with Gasteiger partial charge >= 0.3 is 0 Å². The van der Waals surface area contributed by atoms with Crippen LogP contribution in [0.5, 0.6) is 0 Å². The summed E-state index contributed by atoms with van der Waals surface area (Å²) in [4.78, 5) is 13.0. The van der Waals surface area contributed by atoms with Gasteiger partial charge in [-0.3, -0.25) is 4.79 Å². The Bertz CT molecular complexity index is 1180. The monoisotopic (exact) mass is 451 g/mol. The Labute approximate surface area is 186 Å². The number of rotatable bonds is 4. The molecule has 0 fully saturated rings. The van der Waals surface area contributed by atoms with Crippen molar-refractivity contribution >= 4 is 29.1 Å². The maximum absolute atomic E-state index is 13.4. The smallest absolute Gasteiger partial charge is 0.243 e. The molecule has 0 radical (unpaired) electrons. The fraction of sp³-hybridized carbons (Fsp3) is 0.320. The minimum Gasteiger partial charge on any atom is -0.294 e. The van der Waals surface area contributed by atoms with E-state index in [9.17, 15) is 13.2 Å². The lowest BCUT2D eigenvalue weighted by Gasteiger charge is -2.30. The van der Waals surface area contributed by atoms with Crippen LogP contribution in [0.15, 0.2) is 81.9 Å². The molecule has 0 unspecified atom stereocenters. The molecule has 0 saturated carbocycles. The van der Waals surface area contributed by atoms with E-state index in [1.165, 1.54) is 10.4 Å². The number of carbonyl (C=O) groups is 1. The molecular weight excluding hydrogens is 422 g/mol. The van der Waals surface area contributed by atoms with Crippen LogP contribution in [0.2, 0.25) is 13.1 Å². The number of benzene rings is 2. The first-order valence-corrected chi connectivity index (χ1v) is 15.2. The largest absolute Gasteiger partial charge is 0.294 e. The predicted molar refractivity (Wildman–Crippen MR) is 127 cm³/mol. The van der Waals surface area contributed by atoms with Crippen molar-refractivity contribution < 1.29 is 13.2 Å². The average molecular weight is 452 g/mol. The van der Waals surface area contributed by atoms with E-state index in [-0.39, 0.29) is 18.2 Å². The molecule has 2 aliphatic rings. The minimum absolute atomic E-state index is 0.0787. The molecule has 162 valence electrons. The fourth-order valence-corrected chi connectivity index (χ4v) is 9.34. The lowest BCUT2D eigenvalue weighted by atomic mass is 9.99. The van der Waals surface area contributed by atoms with Crippen LogP contribution in [-0.2, 0) is 14.8 Å². The molecule has 2 aromatic rings. The summed E-state index contributed by atoms with van der Waals surface area (Å²) >= 11 is 0. The Kier molecular flexibility index (Phi) is 5.66. The van der Waals surface area contributed by atoms with E-state index in [1.54, 1.807) is 22.5 Å². The fourth-order valence-electron chi connectivity index (χ4n) is 4.76. The summed E-state index contributed by atoms with van der Waals surface area (Å²) in [6.45, 7) is 9.20. The highest BCUT2D eigenvalue weighted by molar-refractivity contribution is 7.89. The molecule has 2 aromatic carbocycles. The highest BCUT2D eigenvalue weighted by atomic mass is 32.2. The third-order valence-electron chi connectivity index (χ3n) is 6.71. The molecule has 1 aliphatic carbocycles. The summed E-state index contributed by atoms with van der Waals surface area (Å²) in [5, 5.41) is 2.60. The number of aryl methyl sites for hydroxylation is 1. The first kappa shape index (κ1) is 21.9. The first-order chi connectivity index (χ1) is 14.6. The van der Waals surface area contributed by atoms with Gasteiger partial charge in [0.25, 0.3) is 0 Å². The van der Waals surface area contributed by atoms with Crippen LogP contribution in [-0.4, -0.2) is 39.7 Å². The Balaban J connectivity index is 1.77. The van der Waals surface area contributed by atoms with E-state index in [4.69, 9.17) is 0 Å². The summed E-state index contributed by atoms with van der Waals surface area (Å²) in [5.74, 6) is -0.127. The van der Waals surface area contributed by atoms with Gasteiger partial charge in [-0.1, -0.05) is 78.4 Å². The molecule has 0 amide bonds. The lowest BCUT2D eigenvalue weighted by molar-refractivity contribution is -0.116. The molecule has 1 atom stereocenters. The Hall–Kier alpha value is -2.28. The van der Waals surface area contributed by atoms with Crippen molar-refractivity contribution in [2.45, 2.75) is 38.3 Å². The second-order valence-corrected chi connectivity index (χ2v) is 15.4. The van der Waals surface area contributed by atoms with Crippen LogP contribution in [0, 0.1) is 12.8 Å². The summed E-state index contributed by atoms with van der Waals surface area (Å²) < 4.78 is 28.4. The van der Waals surface area contributed by atoms with E-state index >= 15 is 0 Å². The zero-order chi connectivity index (χ0) is 22.4. The lowest BCUT2D eigenvalue weighted by Crippen LogP contribution is -2.45. The van der Waals surface area contributed by atoms with Gasteiger partial charge in [0.2, 0.25) is 10.0 Å². The Morgan fingerprint density at radius 3 is 2.29 bits per heavy atom.